The Morgan fingerprint density at radius 1 is 1.24 bits per heavy atom. The normalized spacial score (nSPS) is 16.6. The highest BCUT2D eigenvalue weighted by atomic mass is 28.3. The van der Waals surface area contributed by atoms with Gasteiger partial charge in [-0.05, 0) is 38.0 Å². The lowest BCUT2D eigenvalue weighted by Gasteiger charge is -2.26. The van der Waals surface area contributed by atoms with Crippen molar-refractivity contribution in [3.63, 3.8) is 0 Å². The minimum atomic E-state index is -1.12. The van der Waals surface area contributed by atoms with Crippen molar-refractivity contribution in [3.05, 3.63) is 28.4 Å². The van der Waals surface area contributed by atoms with Gasteiger partial charge in [0.15, 0.2) is 0 Å². The Balaban J connectivity index is 1.79. The van der Waals surface area contributed by atoms with Crippen LogP contribution < -0.4 is 5.56 Å². The number of rotatable bonds is 7. The van der Waals surface area contributed by atoms with E-state index in [1.807, 2.05) is 10.6 Å². The van der Waals surface area contributed by atoms with Crippen molar-refractivity contribution in [3.8, 4) is 0 Å². The third kappa shape index (κ3) is 4.80. The van der Waals surface area contributed by atoms with E-state index in [0.717, 1.165) is 43.5 Å². The van der Waals surface area contributed by atoms with E-state index in [4.69, 9.17) is 4.74 Å². The number of likely N-dealkylation sites (tertiary alicyclic amines) is 1. The highest BCUT2D eigenvalue weighted by molar-refractivity contribution is 6.76. The van der Waals surface area contributed by atoms with E-state index in [-0.39, 0.29) is 5.56 Å². The summed E-state index contributed by atoms with van der Waals surface area (Å²) in [5, 5.41) is 0. The predicted molar refractivity (Wildman–Crippen MR) is 104 cm³/mol. The molecule has 0 atom stereocenters. The molecule has 0 unspecified atom stereocenters. The number of nitrogens with one attached hydrogen (secondary N) is 1. The molecule has 6 nitrogen and oxygen atoms in total. The van der Waals surface area contributed by atoms with E-state index in [1.54, 1.807) is 0 Å². The second-order valence-corrected chi connectivity index (χ2v) is 13.8. The number of aromatic nitrogens is 3. The summed E-state index contributed by atoms with van der Waals surface area (Å²) in [6.45, 7) is 11.3. The Labute approximate surface area is 150 Å². The average molecular weight is 363 g/mol. The molecule has 0 amide bonds. The summed E-state index contributed by atoms with van der Waals surface area (Å²) >= 11 is 0. The fourth-order valence-electron chi connectivity index (χ4n) is 3.31. The summed E-state index contributed by atoms with van der Waals surface area (Å²) in [7, 11) is -1.12. The molecule has 3 rings (SSSR count). The molecule has 1 aliphatic rings. The molecule has 0 spiro atoms. The second kappa shape index (κ2) is 7.84. The number of fused-ring (bicyclic) bond motifs is 1. The zero-order valence-electron chi connectivity index (χ0n) is 15.7. The summed E-state index contributed by atoms with van der Waals surface area (Å²) in [6, 6.07) is 3.17. The van der Waals surface area contributed by atoms with Crippen molar-refractivity contribution in [2.24, 2.45) is 0 Å². The molecule has 1 saturated heterocycles. The molecule has 138 valence electrons. The molecule has 1 N–H and O–H groups in total. The van der Waals surface area contributed by atoms with Gasteiger partial charge in [0, 0.05) is 26.9 Å². The maximum Gasteiger partial charge on any atom is 0.275 e. The summed E-state index contributed by atoms with van der Waals surface area (Å²) < 4.78 is 7.96. The van der Waals surface area contributed by atoms with Gasteiger partial charge < -0.3 is 14.3 Å². The zero-order chi connectivity index (χ0) is 17.9. The van der Waals surface area contributed by atoms with E-state index >= 15 is 0 Å². The van der Waals surface area contributed by atoms with Crippen LogP contribution in [-0.4, -0.2) is 47.2 Å². The van der Waals surface area contributed by atoms with Gasteiger partial charge >= 0.3 is 0 Å². The third-order valence-electron chi connectivity index (χ3n) is 4.83. The van der Waals surface area contributed by atoms with Gasteiger partial charge in [-0.25, -0.2) is 4.98 Å². The van der Waals surface area contributed by atoms with Gasteiger partial charge in [-0.3, -0.25) is 9.69 Å². The van der Waals surface area contributed by atoms with Crippen molar-refractivity contribution < 1.29 is 4.74 Å². The van der Waals surface area contributed by atoms with E-state index in [1.165, 1.54) is 25.6 Å². The fourth-order valence-corrected chi connectivity index (χ4v) is 4.07. The first-order chi connectivity index (χ1) is 11.9. The Kier molecular flexibility index (Phi) is 5.76. The quantitative estimate of drug-likeness (QED) is 0.607. The van der Waals surface area contributed by atoms with E-state index in [2.05, 4.69) is 34.5 Å². The molecule has 0 radical (unpaired) electrons. The molecule has 2 aromatic rings. The first-order valence-corrected chi connectivity index (χ1v) is 13.0. The Hall–Kier alpha value is -1.44. The molecular weight excluding hydrogens is 332 g/mol. The smallest absolute Gasteiger partial charge is 0.275 e. The highest BCUT2D eigenvalue weighted by Gasteiger charge is 2.18. The van der Waals surface area contributed by atoms with Crippen molar-refractivity contribution >= 4 is 19.1 Å². The van der Waals surface area contributed by atoms with Crippen LogP contribution in [0.15, 0.2) is 17.2 Å². The van der Waals surface area contributed by atoms with E-state index in [0.29, 0.717) is 12.2 Å². The van der Waals surface area contributed by atoms with Crippen LogP contribution in [0.4, 0.5) is 0 Å². The molecule has 0 aliphatic carbocycles. The topological polar surface area (TPSA) is 63.1 Å². The molecule has 0 aromatic carbocycles. The van der Waals surface area contributed by atoms with Gasteiger partial charge in [0.1, 0.15) is 12.2 Å². The molecule has 7 heteroatoms. The monoisotopic (exact) mass is 362 g/mol. The van der Waals surface area contributed by atoms with Crippen molar-refractivity contribution in [1.29, 1.82) is 0 Å². The van der Waals surface area contributed by atoms with Gasteiger partial charge in [-0.1, -0.05) is 26.1 Å². The van der Waals surface area contributed by atoms with Crippen LogP contribution in [0, 0.1) is 0 Å². The SMILES string of the molecule is C[Si](C)(C)CCOCn1c(CN2CCCCC2)cc2nc[nH]c(=O)c21. The highest BCUT2D eigenvalue weighted by Crippen LogP contribution is 2.19. The number of piperidine rings is 1. The number of nitrogens with zero attached hydrogens (tertiary/aromatic N) is 3. The van der Waals surface area contributed by atoms with Gasteiger partial charge in [0.2, 0.25) is 0 Å². The summed E-state index contributed by atoms with van der Waals surface area (Å²) in [4.78, 5) is 21.8. The van der Waals surface area contributed by atoms with Crippen LogP contribution in [0.2, 0.25) is 25.7 Å². The third-order valence-corrected chi connectivity index (χ3v) is 6.53. The zero-order valence-corrected chi connectivity index (χ0v) is 16.7. The van der Waals surface area contributed by atoms with Gasteiger partial charge in [-0.15, -0.1) is 0 Å². The van der Waals surface area contributed by atoms with Crippen molar-refractivity contribution in [2.45, 2.75) is 58.2 Å². The van der Waals surface area contributed by atoms with Crippen molar-refractivity contribution in [1.82, 2.24) is 19.4 Å². The molecule has 0 bridgehead atoms. The Bertz CT molecular complexity index is 757. The maximum atomic E-state index is 12.3. The first-order valence-electron chi connectivity index (χ1n) is 9.30. The van der Waals surface area contributed by atoms with E-state index < -0.39 is 8.07 Å². The molecular formula is C18H30N4O2Si. The minimum absolute atomic E-state index is 0.0938. The lowest BCUT2D eigenvalue weighted by molar-refractivity contribution is 0.0857. The summed E-state index contributed by atoms with van der Waals surface area (Å²) in [5.74, 6) is 0. The molecule has 0 saturated carbocycles. The maximum absolute atomic E-state index is 12.3. The molecule has 25 heavy (non-hydrogen) atoms. The molecule has 3 heterocycles. The number of H-pyrrole nitrogens is 1. The molecule has 2 aromatic heterocycles. The number of hydrogen-bond donors (Lipinski definition) is 1. The average Bonchev–Trinajstić information content (AvgIpc) is 2.90. The number of ether oxygens (including phenoxy) is 1. The molecule has 1 aliphatic heterocycles. The largest absolute Gasteiger partial charge is 0.361 e. The molecule has 1 fully saturated rings. The predicted octanol–water partition coefficient (Wildman–Crippen LogP) is 3.02. The summed E-state index contributed by atoms with van der Waals surface area (Å²) in [6.07, 6.45) is 5.31. The van der Waals surface area contributed by atoms with Crippen LogP contribution >= 0.6 is 0 Å². The number of hydrogen-bond acceptors (Lipinski definition) is 4. The second-order valence-electron chi connectivity index (χ2n) is 8.21. The number of aromatic amines is 1. The Morgan fingerprint density at radius 3 is 2.72 bits per heavy atom. The van der Waals surface area contributed by atoms with Gasteiger partial charge in [-0.2, -0.15) is 0 Å². The lowest BCUT2D eigenvalue weighted by Crippen LogP contribution is -2.30. The van der Waals surface area contributed by atoms with Crippen LogP contribution in [-0.2, 0) is 18.0 Å². The fraction of sp³-hybridized carbons (Fsp3) is 0.667. The first kappa shape index (κ1) is 18.4. The van der Waals surface area contributed by atoms with Crippen LogP contribution in [0.5, 0.6) is 0 Å². The van der Waals surface area contributed by atoms with Crippen LogP contribution in [0.25, 0.3) is 11.0 Å². The minimum Gasteiger partial charge on any atom is -0.361 e. The standard InChI is InChI=1S/C18H30N4O2Si/c1-25(2,3)10-9-24-14-22-15(12-21-7-5-4-6-8-21)11-16-17(22)18(23)20-13-19-16/h11,13H,4-10,12,14H2,1-3H3,(H,19,20,23). The van der Waals surface area contributed by atoms with Crippen LogP contribution in [0.3, 0.4) is 0 Å². The summed E-state index contributed by atoms with van der Waals surface area (Å²) in [5.41, 5.74) is 2.41. The van der Waals surface area contributed by atoms with E-state index in [9.17, 15) is 4.79 Å². The Morgan fingerprint density at radius 2 is 2.00 bits per heavy atom. The van der Waals surface area contributed by atoms with Crippen molar-refractivity contribution in [2.75, 3.05) is 19.7 Å². The lowest BCUT2D eigenvalue weighted by atomic mass is 10.1. The van der Waals surface area contributed by atoms with Gasteiger partial charge in [0.25, 0.3) is 5.56 Å². The van der Waals surface area contributed by atoms with Gasteiger partial charge in [0.05, 0.1) is 11.8 Å². The van der Waals surface area contributed by atoms with Crippen LogP contribution in [0.1, 0.15) is 25.0 Å².